The second kappa shape index (κ2) is 4.66. The molecule has 16 heavy (non-hydrogen) atoms. The molecule has 0 spiro atoms. The SMILES string of the molecule is COC1CC2CCC(C1)N2CC1CCCC1. The van der Waals surface area contributed by atoms with E-state index in [9.17, 15) is 0 Å². The van der Waals surface area contributed by atoms with Crippen LogP contribution in [0.1, 0.15) is 51.4 Å². The van der Waals surface area contributed by atoms with Gasteiger partial charge in [-0.15, -0.1) is 0 Å². The summed E-state index contributed by atoms with van der Waals surface area (Å²) >= 11 is 0. The maximum Gasteiger partial charge on any atom is 0.0601 e. The maximum atomic E-state index is 5.56. The average molecular weight is 223 g/mol. The maximum absolute atomic E-state index is 5.56. The van der Waals surface area contributed by atoms with Crippen molar-refractivity contribution in [2.45, 2.75) is 69.6 Å². The lowest BCUT2D eigenvalue weighted by atomic mass is 9.97. The molecule has 0 aromatic carbocycles. The molecule has 0 N–H and O–H groups in total. The van der Waals surface area contributed by atoms with Crippen molar-refractivity contribution < 1.29 is 4.74 Å². The highest BCUT2D eigenvalue weighted by Crippen LogP contribution is 2.38. The third-order valence-electron chi connectivity index (χ3n) is 5.12. The quantitative estimate of drug-likeness (QED) is 0.729. The number of nitrogens with zero attached hydrogens (tertiary/aromatic N) is 1. The van der Waals surface area contributed by atoms with Gasteiger partial charge in [-0.3, -0.25) is 4.90 Å². The Morgan fingerprint density at radius 1 is 1.00 bits per heavy atom. The van der Waals surface area contributed by atoms with E-state index < -0.39 is 0 Å². The highest BCUT2D eigenvalue weighted by atomic mass is 16.5. The first-order chi connectivity index (χ1) is 7.86. The molecule has 0 amide bonds. The number of fused-ring (bicyclic) bond motifs is 2. The van der Waals surface area contributed by atoms with Crippen molar-refractivity contribution in [3.05, 3.63) is 0 Å². The second-order valence-corrected chi connectivity index (χ2v) is 6.06. The molecule has 2 aliphatic heterocycles. The molecule has 2 unspecified atom stereocenters. The summed E-state index contributed by atoms with van der Waals surface area (Å²) in [7, 11) is 1.89. The van der Waals surface area contributed by atoms with Crippen LogP contribution in [0.4, 0.5) is 0 Å². The van der Waals surface area contributed by atoms with Crippen LogP contribution in [-0.4, -0.2) is 36.7 Å². The van der Waals surface area contributed by atoms with E-state index in [0.29, 0.717) is 6.10 Å². The number of hydrogen-bond acceptors (Lipinski definition) is 2. The van der Waals surface area contributed by atoms with Gasteiger partial charge in [0, 0.05) is 25.7 Å². The third kappa shape index (κ3) is 2.02. The van der Waals surface area contributed by atoms with Crippen LogP contribution in [0, 0.1) is 5.92 Å². The smallest absolute Gasteiger partial charge is 0.0601 e. The molecule has 0 aromatic rings. The molecular formula is C14H25NO. The highest BCUT2D eigenvalue weighted by Gasteiger charge is 2.41. The van der Waals surface area contributed by atoms with Crippen molar-refractivity contribution in [2.24, 2.45) is 5.92 Å². The fraction of sp³-hybridized carbons (Fsp3) is 1.00. The Morgan fingerprint density at radius 2 is 1.62 bits per heavy atom. The predicted molar refractivity (Wildman–Crippen MR) is 65.5 cm³/mol. The lowest BCUT2D eigenvalue weighted by Crippen LogP contribution is -2.46. The number of rotatable bonds is 3. The van der Waals surface area contributed by atoms with Crippen LogP contribution in [0.15, 0.2) is 0 Å². The molecule has 2 heterocycles. The van der Waals surface area contributed by atoms with E-state index in [1.54, 1.807) is 0 Å². The zero-order chi connectivity index (χ0) is 11.0. The van der Waals surface area contributed by atoms with Crippen LogP contribution >= 0.6 is 0 Å². The summed E-state index contributed by atoms with van der Waals surface area (Å²) in [4.78, 5) is 2.84. The fourth-order valence-corrected chi connectivity index (χ4v) is 4.21. The van der Waals surface area contributed by atoms with Crippen molar-refractivity contribution in [3.63, 3.8) is 0 Å². The molecule has 2 nitrogen and oxygen atoms in total. The van der Waals surface area contributed by atoms with Gasteiger partial charge in [-0.2, -0.15) is 0 Å². The zero-order valence-electron chi connectivity index (χ0n) is 10.5. The lowest BCUT2D eigenvalue weighted by molar-refractivity contribution is 0.000350. The number of ether oxygens (including phenoxy) is 1. The molecule has 0 radical (unpaired) electrons. The summed E-state index contributed by atoms with van der Waals surface area (Å²) in [5.74, 6) is 1.02. The van der Waals surface area contributed by atoms with Gasteiger partial charge in [0.1, 0.15) is 0 Å². The van der Waals surface area contributed by atoms with Gasteiger partial charge in [0.15, 0.2) is 0 Å². The fourth-order valence-electron chi connectivity index (χ4n) is 4.21. The van der Waals surface area contributed by atoms with Crippen LogP contribution in [0.5, 0.6) is 0 Å². The van der Waals surface area contributed by atoms with E-state index in [0.717, 1.165) is 18.0 Å². The summed E-state index contributed by atoms with van der Waals surface area (Å²) in [5, 5.41) is 0. The molecular weight excluding hydrogens is 198 g/mol. The van der Waals surface area contributed by atoms with Gasteiger partial charge < -0.3 is 4.74 Å². The summed E-state index contributed by atoms with van der Waals surface area (Å²) in [6.07, 6.45) is 11.9. The van der Waals surface area contributed by atoms with Crippen LogP contribution in [0.25, 0.3) is 0 Å². The van der Waals surface area contributed by atoms with Gasteiger partial charge in [0.05, 0.1) is 6.10 Å². The molecule has 1 saturated carbocycles. The Labute approximate surface area is 99.3 Å². The lowest BCUT2D eigenvalue weighted by Gasteiger charge is -2.39. The van der Waals surface area contributed by atoms with E-state index in [4.69, 9.17) is 4.74 Å². The second-order valence-electron chi connectivity index (χ2n) is 6.06. The normalized spacial score (nSPS) is 40.7. The van der Waals surface area contributed by atoms with E-state index in [-0.39, 0.29) is 0 Å². The zero-order valence-corrected chi connectivity index (χ0v) is 10.5. The molecule has 2 heteroatoms. The summed E-state index contributed by atoms with van der Waals surface area (Å²) in [6.45, 7) is 1.39. The van der Waals surface area contributed by atoms with Crippen LogP contribution < -0.4 is 0 Å². The van der Waals surface area contributed by atoms with Crippen molar-refractivity contribution in [1.29, 1.82) is 0 Å². The molecule has 0 aromatic heterocycles. The van der Waals surface area contributed by atoms with E-state index >= 15 is 0 Å². The minimum Gasteiger partial charge on any atom is -0.381 e. The Hall–Kier alpha value is -0.0800. The summed E-state index contributed by atoms with van der Waals surface area (Å²) < 4.78 is 5.56. The van der Waals surface area contributed by atoms with Crippen LogP contribution in [-0.2, 0) is 4.74 Å². The van der Waals surface area contributed by atoms with E-state index in [1.165, 1.54) is 57.9 Å². The van der Waals surface area contributed by atoms with Gasteiger partial charge in [-0.1, -0.05) is 12.8 Å². The predicted octanol–water partition coefficient (Wildman–Crippen LogP) is 2.82. The number of piperidine rings is 1. The summed E-state index contributed by atoms with van der Waals surface area (Å²) in [5.41, 5.74) is 0. The van der Waals surface area contributed by atoms with Gasteiger partial charge in [0.25, 0.3) is 0 Å². The van der Waals surface area contributed by atoms with Crippen molar-refractivity contribution in [1.82, 2.24) is 4.90 Å². The first kappa shape index (κ1) is 11.0. The van der Waals surface area contributed by atoms with Crippen molar-refractivity contribution >= 4 is 0 Å². The molecule has 2 atom stereocenters. The Balaban J connectivity index is 1.60. The van der Waals surface area contributed by atoms with Gasteiger partial charge in [-0.25, -0.2) is 0 Å². The number of hydrogen-bond donors (Lipinski definition) is 0. The Kier molecular flexibility index (Phi) is 3.21. The van der Waals surface area contributed by atoms with E-state index in [1.807, 2.05) is 7.11 Å². The summed E-state index contributed by atoms with van der Waals surface area (Å²) in [6, 6.07) is 1.70. The molecule has 3 aliphatic rings. The molecule has 3 fully saturated rings. The van der Waals surface area contributed by atoms with E-state index in [2.05, 4.69) is 4.90 Å². The largest absolute Gasteiger partial charge is 0.381 e. The minimum atomic E-state index is 0.553. The monoisotopic (exact) mass is 223 g/mol. The van der Waals surface area contributed by atoms with Gasteiger partial charge in [-0.05, 0) is 44.4 Å². The van der Waals surface area contributed by atoms with Crippen molar-refractivity contribution in [2.75, 3.05) is 13.7 Å². The molecule has 92 valence electrons. The first-order valence-corrected chi connectivity index (χ1v) is 7.15. The Morgan fingerprint density at radius 3 is 2.19 bits per heavy atom. The first-order valence-electron chi connectivity index (χ1n) is 7.15. The molecule has 1 aliphatic carbocycles. The Bertz CT molecular complexity index is 223. The topological polar surface area (TPSA) is 12.5 Å². The minimum absolute atomic E-state index is 0.553. The molecule has 3 rings (SSSR count). The van der Waals surface area contributed by atoms with Gasteiger partial charge >= 0.3 is 0 Å². The number of methoxy groups -OCH3 is 1. The molecule has 2 bridgehead atoms. The molecule has 2 saturated heterocycles. The van der Waals surface area contributed by atoms with Crippen molar-refractivity contribution in [3.8, 4) is 0 Å². The standard InChI is InChI=1S/C14H25NO/c1-16-14-8-12-6-7-13(9-14)15(12)10-11-4-2-3-5-11/h11-14H,2-10H2,1H3. The van der Waals surface area contributed by atoms with Crippen LogP contribution in [0.3, 0.4) is 0 Å². The average Bonchev–Trinajstić information content (AvgIpc) is 2.87. The highest BCUT2D eigenvalue weighted by molar-refractivity contribution is 4.96. The third-order valence-corrected chi connectivity index (χ3v) is 5.12. The van der Waals surface area contributed by atoms with Gasteiger partial charge in [0.2, 0.25) is 0 Å². The van der Waals surface area contributed by atoms with Crippen LogP contribution in [0.2, 0.25) is 0 Å².